The molecule has 1 fully saturated rings. The third-order valence-corrected chi connectivity index (χ3v) is 5.01. The molecule has 1 aliphatic heterocycles. The molecule has 0 bridgehead atoms. The first-order valence-electron chi connectivity index (χ1n) is 6.84. The molecule has 6 heteroatoms. The zero-order chi connectivity index (χ0) is 14.7. The van der Waals surface area contributed by atoms with Gasteiger partial charge in [0.1, 0.15) is 0 Å². The predicted molar refractivity (Wildman–Crippen MR) is 82.0 cm³/mol. The maximum Gasteiger partial charge on any atom is 0.236 e. The lowest BCUT2D eigenvalue weighted by molar-refractivity contribution is -0.131. The van der Waals surface area contributed by atoms with Gasteiger partial charge in [0.05, 0.1) is 23.5 Å². The van der Waals surface area contributed by atoms with E-state index in [1.165, 1.54) is 11.3 Å². The summed E-state index contributed by atoms with van der Waals surface area (Å²) in [4.78, 5) is 17.1. The van der Waals surface area contributed by atoms with Crippen molar-refractivity contribution in [3.05, 3.63) is 21.3 Å². The number of thiophene rings is 1. The van der Waals surface area contributed by atoms with E-state index >= 15 is 0 Å². The Labute approximate surface area is 128 Å². The highest BCUT2D eigenvalue weighted by molar-refractivity contribution is 7.16. The summed E-state index contributed by atoms with van der Waals surface area (Å²) in [5, 5.41) is 9.58. The molecule has 0 saturated carbocycles. The van der Waals surface area contributed by atoms with E-state index in [1.54, 1.807) is 4.90 Å². The van der Waals surface area contributed by atoms with E-state index < -0.39 is 0 Å². The average Bonchev–Trinajstić information content (AvgIpc) is 2.98. The zero-order valence-corrected chi connectivity index (χ0v) is 13.5. The summed E-state index contributed by atoms with van der Waals surface area (Å²) in [5.74, 6) is 0.407. The molecule has 2 unspecified atom stereocenters. The molecule has 0 aromatic carbocycles. The van der Waals surface area contributed by atoms with Crippen molar-refractivity contribution in [3.63, 3.8) is 0 Å². The monoisotopic (exact) mass is 316 g/mol. The fraction of sp³-hybridized carbons (Fsp3) is 0.643. The molecule has 20 heavy (non-hydrogen) atoms. The summed E-state index contributed by atoms with van der Waals surface area (Å²) in [5.41, 5.74) is 0. The molecular formula is C14H21ClN2O2S. The highest BCUT2D eigenvalue weighted by Gasteiger charge is 2.27. The summed E-state index contributed by atoms with van der Waals surface area (Å²) in [7, 11) is 1.82. The summed E-state index contributed by atoms with van der Waals surface area (Å²) in [6.45, 7) is 4.55. The van der Waals surface area contributed by atoms with Gasteiger partial charge >= 0.3 is 0 Å². The fourth-order valence-electron chi connectivity index (χ4n) is 2.47. The first kappa shape index (κ1) is 15.8. The van der Waals surface area contributed by atoms with Gasteiger partial charge in [-0.25, -0.2) is 0 Å². The van der Waals surface area contributed by atoms with Crippen molar-refractivity contribution < 1.29 is 9.90 Å². The van der Waals surface area contributed by atoms with Crippen LogP contribution in [0.1, 0.15) is 18.2 Å². The van der Waals surface area contributed by atoms with E-state index in [-0.39, 0.29) is 12.0 Å². The molecule has 2 atom stereocenters. The van der Waals surface area contributed by atoms with Crippen molar-refractivity contribution in [2.24, 2.45) is 5.92 Å². The van der Waals surface area contributed by atoms with Crippen LogP contribution in [0.25, 0.3) is 0 Å². The number of halogens is 1. The molecule has 0 radical (unpaired) electrons. The van der Waals surface area contributed by atoms with Crippen LogP contribution in [0.5, 0.6) is 0 Å². The van der Waals surface area contributed by atoms with Gasteiger partial charge in [-0.05, 0) is 37.9 Å². The molecule has 1 aromatic heterocycles. The van der Waals surface area contributed by atoms with Crippen LogP contribution in [0.15, 0.2) is 12.1 Å². The Bertz CT molecular complexity index is 464. The van der Waals surface area contributed by atoms with E-state index in [9.17, 15) is 9.90 Å². The van der Waals surface area contributed by atoms with E-state index in [0.717, 1.165) is 28.7 Å². The minimum atomic E-state index is -0.291. The Morgan fingerprint density at radius 1 is 1.65 bits per heavy atom. The lowest BCUT2D eigenvalue weighted by Crippen LogP contribution is -2.37. The molecule has 1 amide bonds. The van der Waals surface area contributed by atoms with Crippen LogP contribution in [-0.4, -0.2) is 53.6 Å². The van der Waals surface area contributed by atoms with Gasteiger partial charge in [-0.3, -0.25) is 9.69 Å². The molecule has 4 nitrogen and oxygen atoms in total. The summed E-state index contributed by atoms with van der Waals surface area (Å²) in [6.07, 6.45) is 0.677. The SMILES string of the molecule is CC(O)C1CCN(CC(=O)N(C)Cc2ccc(Cl)s2)C1. The summed E-state index contributed by atoms with van der Waals surface area (Å²) < 4.78 is 0.750. The van der Waals surface area contributed by atoms with Crippen LogP contribution in [0.4, 0.5) is 0 Å². The second-order valence-electron chi connectivity index (χ2n) is 5.48. The number of hydrogen-bond donors (Lipinski definition) is 1. The van der Waals surface area contributed by atoms with Crippen LogP contribution >= 0.6 is 22.9 Å². The molecule has 2 rings (SSSR count). The Morgan fingerprint density at radius 3 is 2.95 bits per heavy atom. The Hall–Kier alpha value is -0.620. The minimum Gasteiger partial charge on any atom is -0.393 e. The van der Waals surface area contributed by atoms with E-state index in [0.29, 0.717) is 19.0 Å². The van der Waals surface area contributed by atoms with Crippen LogP contribution in [0, 0.1) is 5.92 Å². The van der Waals surface area contributed by atoms with Gasteiger partial charge in [0.15, 0.2) is 0 Å². The number of amides is 1. The normalized spacial score (nSPS) is 21.1. The van der Waals surface area contributed by atoms with Crippen molar-refractivity contribution in [2.75, 3.05) is 26.7 Å². The first-order valence-corrected chi connectivity index (χ1v) is 8.03. The van der Waals surface area contributed by atoms with Gasteiger partial charge in [0.2, 0.25) is 5.91 Å². The van der Waals surface area contributed by atoms with Crippen molar-refractivity contribution in [2.45, 2.75) is 26.0 Å². The van der Waals surface area contributed by atoms with Gasteiger partial charge in [0.25, 0.3) is 0 Å². The average molecular weight is 317 g/mol. The maximum absolute atomic E-state index is 12.2. The van der Waals surface area contributed by atoms with E-state index in [1.807, 2.05) is 26.1 Å². The number of aliphatic hydroxyl groups is 1. The molecule has 0 spiro atoms. The quantitative estimate of drug-likeness (QED) is 0.904. The largest absolute Gasteiger partial charge is 0.393 e. The number of aliphatic hydroxyl groups excluding tert-OH is 1. The summed E-state index contributed by atoms with van der Waals surface area (Å²) in [6, 6.07) is 3.81. The van der Waals surface area contributed by atoms with Crippen LogP contribution in [0.2, 0.25) is 4.34 Å². The predicted octanol–water partition coefficient (Wildman–Crippen LogP) is 2.06. The maximum atomic E-state index is 12.2. The lowest BCUT2D eigenvalue weighted by Gasteiger charge is -2.21. The third-order valence-electron chi connectivity index (χ3n) is 3.80. The zero-order valence-electron chi connectivity index (χ0n) is 11.9. The van der Waals surface area contributed by atoms with Crippen molar-refractivity contribution in [3.8, 4) is 0 Å². The molecule has 112 valence electrons. The Morgan fingerprint density at radius 2 is 2.40 bits per heavy atom. The van der Waals surface area contributed by atoms with Crippen molar-refractivity contribution in [1.29, 1.82) is 0 Å². The van der Waals surface area contributed by atoms with Gasteiger partial charge in [-0.2, -0.15) is 0 Å². The van der Waals surface area contributed by atoms with E-state index in [4.69, 9.17) is 11.6 Å². The summed E-state index contributed by atoms with van der Waals surface area (Å²) >= 11 is 7.40. The smallest absolute Gasteiger partial charge is 0.236 e. The highest BCUT2D eigenvalue weighted by atomic mass is 35.5. The minimum absolute atomic E-state index is 0.112. The highest BCUT2D eigenvalue weighted by Crippen LogP contribution is 2.23. The molecule has 1 aliphatic rings. The Kier molecular flexibility index (Phi) is 5.43. The fourth-order valence-corrected chi connectivity index (χ4v) is 3.61. The van der Waals surface area contributed by atoms with Crippen LogP contribution in [-0.2, 0) is 11.3 Å². The van der Waals surface area contributed by atoms with E-state index in [2.05, 4.69) is 4.90 Å². The second kappa shape index (κ2) is 6.89. The van der Waals surface area contributed by atoms with Gasteiger partial charge in [-0.15, -0.1) is 11.3 Å². The lowest BCUT2D eigenvalue weighted by atomic mass is 10.0. The number of rotatable bonds is 5. The molecule has 2 heterocycles. The molecule has 1 saturated heterocycles. The van der Waals surface area contributed by atoms with Crippen molar-refractivity contribution in [1.82, 2.24) is 9.80 Å². The van der Waals surface area contributed by atoms with Crippen molar-refractivity contribution >= 4 is 28.8 Å². The molecular weight excluding hydrogens is 296 g/mol. The van der Waals surface area contributed by atoms with Crippen LogP contribution < -0.4 is 0 Å². The number of likely N-dealkylation sites (N-methyl/N-ethyl adjacent to an activating group) is 1. The topological polar surface area (TPSA) is 43.8 Å². The molecule has 0 aliphatic carbocycles. The number of nitrogens with zero attached hydrogens (tertiary/aromatic N) is 2. The number of hydrogen-bond acceptors (Lipinski definition) is 4. The van der Waals surface area contributed by atoms with Gasteiger partial charge < -0.3 is 10.0 Å². The number of carbonyl (C=O) groups is 1. The number of likely N-dealkylation sites (tertiary alicyclic amines) is 1. The first-order chi connectivity index (χ1) is 9.45. The van der Waals surface area contributed by atoms with Gasteiger partial charge in [0, 0.05) is 18.5 Å². The Balaban J connectivity index is 1.80. The molecule has 1 aromatic rings. The third kappa shape index (κ3) is 4.19. The standard InChI is InChI=1S/C14H21ClN2O2S/c1-10(18)11-5-6-17(7-11)9-14(19)16(2)8-12-3-4-13(15)20-12/h3-4,10-11,18H,5-9H2,1-2H3. The number of carbonyl (C=O) groups excluding carboxylic acids is 1. The molecule has 1 N–H and O–H groups in total. The van der Waals surface area contributed by atoms with Gasteiger partial charge in [-0.1, -0.05) is 11.6 Å². The second-order valence-corrected chi connectivity index (χ2v) is 7.28. The van der Waals surface area contributed by atoms with Crippen LogP contribution in [0.3, 0.4) is 0 Å².